The summed E-state index contributed by atoms with van der Waals surface area (Å²) >= 11 is 12.5. The number of nitrogens with two attached hydrogens (primary N) is 1. The monoisotopic (exact) mass is 559 g/mol. The molecule has 2 aromatic heterocycles. The molecular weight excluding hydrogens is 529 g/mol. The number of pyridine rings is 1. The van der Waals surface area contributed by atoms with Gasteiger partial charge in [0.25, 0.3) is 5.91 Å². The third-order valence-electron chi connectivity index (χ3n) is 6.79. The van der Waals surface area contributed by atoms with Crippen molar-refractivity contribution >= 4 is 46.4 Å². The number of hydrogen-bond acceptors (Lipinski definition) is 7. The van der Waals surface area contributed by atoms with Gasteiger partial charge in [-0.05, 0) is 63.5 Å². The maximum absolute atomic E-state index is 13.2. The summed E-state index contributed by atoms with van der Waals surface area (Å²) in [7, 11) is 2.13. The third-order valence-corrected chi connectivity index (χ3v) is 7.33. The fourth-order valence-electron chi connectivity index (χ4n) is 4.73. The van der Waals surface area contributed by atoms with E-state index >= 15 is 0 Å². The average molecular weight is 560 g/mol. The van der Waals surface area contributed by atoms with Crippen LogP contribution in [-0.4, -0.2) is 58.0 Å². The third kappa shape index (κ3) is 6.75. The Morgan fingerprint density at radius 1 is 1.24 bits per heavy atom. The lowest BCUT2D eigenvalue weighted by Gasteiger charge is -2.19. The van der Waals surface area contributed by atoms with E-state index in [9.17, 15) is 14.9 Å². The van der Waals surface area contributed by atoms with E-state index in [1.54, 1.807) is 12.1 Å². The van der Waals surface area contributed by atoms with Crippen LogP contribution in [-0.2, 0) is 6.54 Å². The van der Waals surface area contributed by atoms with Crippen molar-refractivity contribution in [2.75, 3.05) is 37.7 Å². The van der Waals surface area contributed by atoms with Gasteiger partial charge >= 0.3 is 5.69 Å². The maximum atomic E-state index is 13.2. The van der Waals surface area contributed by atoms with E-state index in [-0.39, 0.29) is 17.4 Å². The number of halogens is 2. The van der Waals surface area contributed by atoms with Crippen LogP contribution in [0.25, 0.3) is 11.1 Å². The second-order valence-electron chi connectivity index (χ2n) is 9.39. The maximum Gasteiger partial charge on any atom is 0.311 e. The molecule has 1 unspecified atom stereocenters. The molecule has 0 radical (unpaired) electrons. The summed E-state index contributed by atoms with van der Waals surface area (Å²) < 4.78 is 1.91. The smallest absolute Gasteiger partial charge is 0.311 e. The number of carbonyl (C=O) groups is 1. The minimum absolute atomic E-state index is 0.139. The first kappa shape index (κ1) is 27.7. The number of aryl methyl sites for hydroxylation is 1. The highest BCUT2D eigenvalue weighted by atomic mass is 35.5. The first-order valence-corrected chi connectivity index (χ1v) is 13.3. The summed E-state index contributed by atoms with van der Waals surface area (Å²) in [5.41, 5.74) is 7.61. The minimum atomic E-state index is -0.568. The van der Waals surface area contributed by atoms with Gasteiger partial charge < -0.3 is 25.8 Å². The van der Waals surface area contributed by atoms with Crippen molar-refractivity contribution in [3.63, 3.8) is 0 Å². The van der Waals surface area contributed by atoms with Crippen molar-refractivity contribution in [1.29, 1.82) is 0 Å². The van der Waals surface area contributed by atoms with Gasteiger partial charge in [-0.3, -0.25) is 14.9 Å². The molecule has 1 atom stereocenters. The normalized spacial score (nSPS) is 15.5. The number of benzene rings is 1. The molecule has 1 saturated heterocycles. The fourth-order valence-corrected chi connectivity index (χ4v) is 5.25. The predicted octanol–water partition coefficient (Wildman–Crippen LogP) is 5.06. The molecule has 1 aromatic carbocycles. The number of aromatic nitrogens is 2. The van der Waals surface area contributed by atoms with Crippen molar-refractivity contribution < 1.29 is 9.72 Å². The lowest BCUT2D eigenvalue weighted by molar-refractivity contribution is -0.384. The number of nitrogens with one attached hydrogen (secondary N) is 2. The number of likely N-dealkylation sites (tertiary alicyclic amines) is 1. The van der Waals surface area contributed by atoms with Crippen molar-refractivity contribution in [2.24, 2.45) is 0 Å². The molecule has 1 aliphatic rings. The number of anilines is 2. The molecule has 1 fully saturated rings. The number of nitro groups is 1. The number of nitrogen functional groups attached to an aromatic ring is 1. The molecule has 1 amide bonds. The highest BCUT2D eigenvalue weighted by Crippen LogP contribution is 2.32. The molecule has 4 rings (SSSR count). The molecule has 10 nitrogen and oxygen atoms in total. The molecule has 4 N–H and O–H groups in total. The summed E-state index contributed by atoms with van der Waals surface area (Å²) in [4.78, 5) is 29.9. The van der Waals surface area contributed by atoms with E-state index in [1.807, 2.05) is 22.9 Å². The Kier molecular flexibility index (Phi) is 9.09. The number of hydrogen-bond donors (Lipinski definition) is 3. The van der Waals surface area contributed by atoms with E-state index in [0.29, 0.717) is 53.7 Å². The Hall–Kier alpha value is -3.34. The van der Waals surface area contributed by atoms with Crippen LogP contribution in [0.2, 0.25) is 10.0 Å². The summed E-state index contributed by atoms with van der Waals surface area (Å²) in [6.07, 6.45) is 5.84. The van der Waals surface area contributed by atoms with Crippen LogP contribution in [0.15, 0.2) is 42.6 Å². The second-order valence-corrected chi connectivity index (χ2v) is 10.2. The molecule has 3 aromatic rings. The molecule has 1 aliphatic heterocycles. The SMILES string of the molecule is CN1CCCC1CCNC(=O)c1cc(-c2ccc(Cl)cc2Cl)cn1CCCNc1ccc([N+](=O)[O-])c(N)n1. The summed E-state index contributed by atoms with van der Waals surface area (Å²) in [6, 6.07) is 10.5. The molecule has 0 spiro atoms. The zero-order valence-electron chi connectivity index (χ0n) is 21.1. The summed E-state index contributed by atoms with van der Waals surface area (Å²) in [5.74, 6) is 0.168. The van der Waals surface area contributed by atoms with Crippen molar-refractivity contribution in [2.45, 2.75) is 38.3 Å². The first-order valence-electron chi connectivity index (χ1n) is 12.5. The quantitative estimate of drug-likeness (QED) is 0.170. The van der Waals surface area contributed by atoms with Crippen molar-refractivity contribution in [3.05, 3.63) is 68.4 Å². The predicted molar refractivity (Wildman–Crippen MR) is 151 cm³/mol. The van der Waals surface area contributed by atoms with Crippen molar-refractivity contribution in [3.8, 4) is 11.1 Å². The Bertz CT molecular complexity index is 1310. The lowest BCUT2D eigenvalue weighted by Crippen LogP contribution is -2.32. The van der Waals surface area contributed by atoms with Gasteiger partial charge in [0, 0.05) is 59.1 Å². The Labute approximate surface area is 231 Å². The highest BCUT2D eigenvalue weighted by molar-refractivity contribution is 6.36. The highest BCUT2D eigenvalue weighted by Gasteiger charge is 2.21. The van der Waals surface area contributed by atoms with Crippen LogP contribution >= 0.6 is 23.2 Å². The van der Waals surface area contributed by atoms with Crippen LogP contribution in [0.4, 0.5) is 17.3 Å². The molecule has 0 bridgehead atoms. The molecular formula is C26H31Cl2N7O3. The molecule has 38 heavy (non-hydrogen) atoms. The fraction of sp³-hybridized carbons (Fsp3) is 0.385. The number of amides is 1. The zero-order valence-corrected chi connectivity index (χ0v) is 22.6. The molecule has 0 saturated carbocycles. The number of nitrogens with zero attached hydrogens (tertiary/aromatic N) is 4. The zero-order chi connectivity index (χ0) is 27.2. The van der Waals surface area contributed by atoms with Crippen molar-refractivity contribution in [1.82, 2.24) is 19.8 Å². The van der Waals surface area contributed by atoms with Crippen LogP contribution in [0.1, 0.15) is 36.2 Å². The molecule has 12 heteroatoms. The second kappa shape index (κ2) is 12.5. The van der Waals surface area contributed by atoms with E-state index in [2.05, 4.69) is 27.6 Å². The largest absolute Gasteiger partial charge is 0.378 e. The summed E-state index contributed by atoms with van der Waals surface area (Å²) in [6.45, 7) is 2.77. The Balaban J connectivity index is 1.43. The van der Waals surface area contributed by atoms with Gasteiger partial charge in [0.15, 0.2) is 0 Å². The van der Waals surface area contributed by atoms with E-state index in [1.165, 1.54) is 18.6 Å². The van der Waals surface area contributed by atoms with Crippen LogP contribution in [0.3, 0.4) is 0 Å². The summed E-state index contributed by atoms with van der Waals surface area (Å²) in [5, 5.41) is 18.2. The van der Waals surface area contributed by atoms with E-state index in [0.717, 1.165) is 30.5 Å². The molecule has 202 valence electrons. The van der Waals surface area contributed by atoms with Gasteiger partial charge in [-0.25, -0.2) is 4.98 Å². The minimum Gasteiger partial charge on any atom is -0.378 e. The Morgan fingerprint density at radius 3 is 2.74 bits per heavy atom. The van der Waals surface area contributed by atoms with Gasteiger partial charge in [0.1, 0.15) is 11.5 Å². The van der Waals surface area contributed by atoms with Gasteiger partial charge in [0.2, 0.25) is 5.82 Å². The van der Waals surface area contributed by atoms with Crippen LogP contribution in [0.5, 0.6) is 0 Å². The lowest BCUT2D eigenvalue weighted by atomic mass is 10.1. The van der Waals surface area contributed by atoms with Gasteiger partial charge in [0.05, 0.1) is 4.92 Å². The first-order chi connectivity index (χ1) is 18.2. The van der Waals surface area contributed by atoms with Gasteiger partial charge in [-0.15, -0.1) is 0 Å². The van der Waals surface area contributed by atoms with E-state index < -0.39 is 4.92 Å². The number of rotatable bonds is 11. The Morgan fingerprint density at radius 2 is 2.05 bits per heavy atom. The van der Waals surface area contributed by atoms with E-state index in [4.69, 9.17) is 28.9 Å². The van der Waals surface area contributed by atoms with Crippen LogP contribution < -0.4 is 16.4 Å². The molecule has 0 aliphatic carbocycles. The van der Waals surface area contributed by atoms with Gasteiger partial charge in [-0.2, -0.15) is 0 Å². The average Bonchev–Trinajstić information content (AvgIpc) is 3.47. The standard InChI is InChI=1S/C26H31Cl2N7O3/c1-33-12-2-4-19(33)9-11-31-26(36)23-14-17(20-6-5-18(27)15-21(20)28)16-34(23)13-3-10-30-24-8-7-22(35(37)38)25(29)32-24/h5-8,14-16,19H,2-4,9-13H2,1H3,(H,31,36)(H3,29,30,32). The number of carbonyl (C=O) groups excluding carboxylic acids is 1. The molecule has 3 heterocycles. The van der Waals surface area contributed by atoms with Crippen LogP contribution in [0, 0.1) is 10.1 Å². The van der Waals surface area contributed by atoms with Gasteiger partial charge in [-0.1, -0.05) is 29.3 Å². The topological polar surface area (TPSA) is 131 Å².